The van der Waals surface area contributed by atoms with E-state index in [1.165, 1.54) is 17.7 Å². The molecule has 14 heteroatoms. The summed E-state index contributed by atoms with van der Waals surface area (Å²) in [6, 6.07) is 17.5. The van der Waals surface area contributed by atoms with Crippen LogP contribution in [0, 0.1) is 18.6 Å². The fourth-order valence-electron chi connectivity index (χ4n) is 6.13. The second-order valence-corrected chi connectivity index (χ2v) is 12.3. The molecule has 0 atom stereocenters. The molecule has 9 nitrogen and oxygen atoms in total. The summed E-state index contributed by atoms with van der Waals surface area (Å²) in [5.74, 6) is -3.68. The number of morpholine rings is 1. The van der Waals surface area contributed by atoms with Crippen molar-refractivity contribution in [1.82, 2.24) is 9.88 Å². The number of esters is 1. The molecule has 5 aromatic rings. The van der Waals surface area contributed by atoms with Crippen LogP contribution in [0.25, 0.3) is 32.8 Å². The zero-order chi connectivity index (χ0) is 37.9. The number of anilines is 2. The molecule has 1 aliphatic rings. The molecule has 274 valence electrons. The van der Waals surface area contributed by atoms with Crippen molar-refractivity contribution >= 4 is 44.9 Å². The average molecular weight is 725 g/mol. The van der Waals surface area contributed by atoms with Crippen molar-refractivity contribution < 1.29 is 41.0 Å². The van der Waals surface area contributed by atoms with Crippen LogP contribution >= 0.6 is 0 Å². The number of fused-ring (bicyclic) bond motifs is 2. The number of carbonyl (C=O) groups excluding carboxylic acids is 2. The van der Waals surface area contributed by atoms with E-state index in [-0.39, 0.29) is 16.5 Å². The summed E-state index contributed by atoms with van der Waals surface area (Å²) in [6.07, 6.45) is -4.69. The fraction of sp³-hybridized carbons (Fsp3) is 0.289. The molecule has 1 amide bonds. The Morgan fingerprint density at radius 1 is 0.923 bits per heavy atom. The van der Waals surface area contributed by atoms with Crippen LogP contribution in [-0.4, -0.2) is 70.5 Å². The van der Waals surface area contributed by atoms with E-state index in [0.29, 0.717) is 42.9 Å². The summed E-state index contributed by atoms with van der Waals surface area (Å²) in [4.78, 5) is 39.6. The lowest BCUT2D eigenvalue weighted by Crippen LogP contribution is -2.36. The lowest BCUT2D eigenvalue weighted by molar-refractivity contribution is -0.139. The predicted molar refractivity (Wildman–Crippen MR) is 190 cm³/mol. The molecule has 1 fully saturated rings. The monoisotopic (exact) mass is 724 g/mol. The summed E-state index contributed by atoms with van der Waals surface area (Å²) in [6.45, 7) is 3.44. The number of pyridine rings is 1. The second kappa shape index (κ2) is 15.4. The van der Waals surface area contributed by atoms with Gasteiger partial charge in [0.05, 0.1) is 37.0 Å². The van der Waals surface area contributed by atoms with E-state index >= 15 is 0 Å². The summed E-state index contributed by atoms with van der Waals surface area (Å²) in [7, 11) is 6.27. The van der Waals surface area contributed by atoms with Gasteiger partial charge < -0.3 is 29.2 Å². The van der Waals surface area contributed by atoms with Crippen LogP contribution in [0.3, 0.4) is 0 Å². The van der Waals surface area contributed by atoms with Gasteiger partial charge in [-0.1, -0.05) is 42.5 Å². The van der Waals surface area contributed by atoms with Crippen molar-refractivity contribution in [2.75, 3.05) is 63.9 Å². The van der Waals surface area contributed by atoms with E-state index in [9.17, 15) is 36.3 Å². The van der Waals surface area contributed by atoms with Crippen molar-refractivity contribution in [2.45, 2.75) is 13.1 Å². The highest BCUT2D eigenvalue weighted by molar-refractivity contribution is 6.02. The van der Waals surface area contributed by atoms with Gasteiger partial charge >= 0.3 is 12.1 Å². The van der Waals surface area contributed by atoms with Gasteiger partial charge in [-0.15, -0.1) is 0 Å². The number of amides is 1. The number of ether oxygens (including phenoxy) is 2. The number of aryl methyl sites for hydroxylation is 2. The van der Waals surface area contributed by atoms with Crippen LogP contribution in [0.2, 0.25) is 0 Å². The largest absolute Gasteiger partial charge is 0.468 e. The fourth-order valence-corrected chi connectivity index (χ4v) is 6.13. The Balaban J connectivity index is 0.000000212. The molecule has 0 saturated carbocycles. The van der Waals surface area contributed by atoms with Crippen molar-refractivity contribution in [3.63, 3.8) is 0 Å². The minimum absolute atomic E-state index is 0.00913. The summed E-state index contributed by atoms with van der Waals surface area (Å²) in [5.41, 5.74) is -0.0357. The molecule has 0 bridgehead atoms. The molecule has 1 N–H and O–H groups in total. The maximum atomic E-state index is 14.4. The number of rotatable bonds is 6. The topological polar surface area (TPSA) is 93.1 Å². The van der Waals surface area contributed by atoms with E-state index in [0.717, 1.165) is 35.9 Å². The maximum Gasteiger partial charge on any atom is 0.417 e. The van der Waals surface area contributed by atoms with Crippen LogP contribution in [0.4, 0.5) is 33.3 Å². The summed E-state index contributed by atoms with van der Waals surface area (Å²) in [5, 5.41) is 3.57. The quantitative estimate of drug-likeness (QED) is 0.159. The molecule has 1 saturated heterocycles. The molecule has 2 heterocycles. The molecule has 1 aromatic heterocycles. The molecule has 0 radical (unpaired) electrons. The first kappa shape index (κ1) is 37.7. The summed E-state index contributed by atoms with van der Waals surface area (Å²) < 4.78 is 82.0. The normalized spacial score (nSPS) is 13.1. The number of nitrogens with one attached hydrogen (secondary N) is 1. The van der Waals surface area contributed by atoms with E-state index < -0.39 is 52.9 Å². The van der Waals surface area contributed by atoms with Crippen molar-refractivity contribution in [1.29, 1.82) is 0 Å². The molecule has 52 heavy (non-hydrogen) atoms. The van der Waals surface area contributed by atoms with Crippen LogP contribution in [-0.2, 0) is 27.5 Å². The third kappa shape index (κ3) is 7.71. The van der Waals surface area contributed by atoms with Gasteiger partial charge in [-0.3, -0.25) is 14.4 Å². The molecule has 4 aromatic carbocycles. The smallest absolute Gasteiger partial charge is 0.417 e. The molecule has 6 rings (SSSR count). The second-order valence-electron chi connectivity index (χ2n) is 12.3. The number of benzene rings is 4. The Kier molecular flexibility index (Phi) is 11.2. The third-order valence-electron chi connectivity index (χ3n) is 8.84. The van der Waals surface area contributed by atoms with Crippen molar-refractivity contribution in [2.24, 2.45) is 7.05 Å². The Morgan fingerprint density at radius 2 is 1.56 bits per heavy atom. The Labute approximate surface area is 296 Å². The van der Waals surface area contributed by atoms with Crippen LogP contribution < -0.4 is 20.7 Å². The van der Waals surface area contributed by atoms with E-state index in [2.05, 4.69) is 10.1 Å². The van der Waals surface area contributed by atoms with Crippen molar-refractivity contribution in [3.8, 4) is 11.1 Å². The molecule has 0 unspecified atom stereocenters. The van der Waals surface area contributed by atoms with E-state index in [1.54, 1.807) is 60.3 Å². The van der Waals surface area contributed by atoms with E-state index in [1.807, 2.05) is 19.1 Å². The number of carbonyl (C=O) groups is 2. The standard InChI is InChI=1S/C24H21F3N2O.C14H16F2N2O4/c1-14-7-5-9-17-16(14)8-6-10-18(17)21-22(24(25,26)27)19-12-11-15(28(2)3)13-20(19)29(4)23(21)30;1-21-12(19)8-17-14(20)13-10(15)6-9(7-11(13)16)18-2-4-22-5-3-18/h5-13H,1-4H3;6-7H,2-5,8H2,1H3,(H,17,20). The predicted octanol–water partition coefficient (Wildman–Crippen LogP) is 6.46. The highest BCUT2D eigenvalue weighted by atomic mass is 19.4. The third-order valence-corrected chi connectivity index (χ3v) is 8.84. The number of halogens is 5. The molecule has 0 spiro atoms. The highest BCUT2D eigenvalue weighted by Gasteiger charge is 2.38. The van der Waals surface area contributed by atoms with Crippen LogP contribution in [0.5, 0.6) is 0 Å². The van der Waals surface area contributed by atoms with Gasteiger partial charge in [0.1, 0.15) is 23.7 Å². The Morgan fingerprint density at radius 3 is 2.17 bits per heavy atom. The first-order chi connectivity index (χ1) is 24.6. The number of hydrogen-bond acceptors (Lipinski definition) is 7. The summed E-state index contributed by atoms with van der Waals surface area (Å²) >= 11 is 0. The first-order valence-corrected chi connectivity index (χ1v) is 16.2. The Hall–Kier alpha value is -5.50. The highest BCUT2D eigenvalue weighted by Crippen LogP contribution is 2.42. The molecule has 0 aliphatic carbocycles. The molecular formula is C38H37F5N4O5. The minimum atomic E-state index is -4.69. The number of hydrogen-bond donors (Lipinski definition) is 1. The maximum absolute atomic E-state index is 14.4. The lowest BCUT2D eigenvalue weighted by atomic mass is 9.91. The minimum Gasteiger partial charge on any atom is -0.468 e. The van der Waals surface area contributed by atoms with Gasteiger partial charge in [-0.25, -0.2) is 8.78 Å². The zero-order valence-corrected chi connectivity index (χ0v) is 29.2. The number of methoxy groups -OCH3 is 1. The number of nitrogens with zero attached hydrogens (tertiary/aromatic N) is 3. The zero-order valence-electron chi connectivity index (χ0n) is 29.2. The average Bonchev–Trinajstić information content (AvgIpc) is 3.11. The van der Waals surface area contributed by atoms with E-state index in [4.69, 9.17) is 4.74 Å². The SMILES string of the molecule is COC(=O)CNC(=O)c1c(F)cc(N2CCOCC2)cc1F.Cc1cccc2c(-c3c(C(F)(F)F)c4ccc(N(C)C)cc4n(C)c3=O)cccc12. The molecular weight excluding hydrogens is 687 g/mol. The van der Waals surface area contributed by atoms with Gasteiger partial charge in [-0.05, 0) is 53.1 Å². The van der Waals surface area contributed by atoms with Gasteiger partial charge in [0, 0.05) is 51.0 Å². The van der Waals surface area contributed by atoms with Gasteiger partial charge in [-0.2, -0.15) is 13.2 Å². The van der Waals surface area contributed by atoms with Gasteiger partial charge in [0.2, 0.25) is 0 Å². The first-order valence-electron chi connectivity index (χ1n) is 16.2. The van der Waals surface area contributed by atoms with Gasteiger partial charge in [0.15, 0.2) is 0 Å². The van der Waals surface area contributed by atoms with Crippen LogP contribution in [0.15, 0.2) is 71.5 Å². The van der Waals surface area contributed by atoms with Gasteiger partial charge in [0.25, 0.3) is 11.5 Å². The van der Waals surface area contributed by atoms with Crippen LogP contribution in [0.1, 0.15) is 21.5 Å². The van der Waals surface area contributed by atoms with Crippen molar-refractivity contribution in [3.05, 3.63) is 105 Å². The lowest BCUT2D eigenvalue weighted by Gasteiger charge is -2.29. The Bertz CT molecular complexity index is 2190. The molecule has 1 aliphatic heterocycles. The number of alkyl halides is 3. The number of aromatic nitrogens is 1.